The Kier molecular flexibility index (Phi) is 4.50. The maximum Gasteiger partial charge on any atom is 0.240 e. The number of rotatable bonds is 4. The molecule has 2 rings (SSSR count). The van der Waals surface area contributed by atoms with Crippen molar-refractivity contribution in [3.05, 3.63) is 29.1 Å². The second-order valence-corrected chi connectivity index (χ2v) is 7.46. The summed E-state index contributed by atoms with van der Waals surface area (Å²) in [6, 6.07) is 2.62. The number of thioether (sulfide) groups is 1. The van der Waals surface area contributed by atoms with Crippen molar-refractivity contribution in [3.8, 4) is 0 Å². The van der Waals surface area contributed by atoms with Gasteiger partial charge in [-0.1, -0.05) is 0 Å². The molecule has 1 heterocycles. The van der Waals surface area contributed by atoms with E-state index in [9.17, 15) is 12.8 Å². The molecule has 1 aliphatic heterocycles. The quantitative estimate of drug-likeness (QED) is 0.881. The number of aryl methyl sites for hydroxylation is 1. The number of hydrogen-bond donors (Lipinski definition) is 2. The predicted molar refractivity (Wildman–Crippen MR) is 75.1 cm³/mol. The topological polar surface area (TPSA) is 72.2 Å². The lowest BCUT2D eigenvalue weighted by Crippen LogP contribution is -2.34. The molecule has 0 aliphatic carbocycles. The number of hydrogen-bond acceptors (Lipinski definition) is 4. The fourth-order valence-corrected chi connectivity index (χ4v) is 4.69. The van der Waals surface area contributed by atoms with Gasteiger partial charge in [-0.05, 0) is 36.8 Å². The minimum atomic E-state index is -3.60. The van der Waals surface area contributed by atoms with E-state index in [-0.39, 0.29) is 23.0 Å². The number of nitrogens with one attached hydrogen (secondary N) is 1. The molecule has 1 aliphatic rings. The standard InChI is InChI=1S/C12H17FN2O2S2/c1-8-4-11(5-9(6-14)12(8)13)19(16,17)15-10-2-3-18-7-10/h4-5,10,15H,2-3,6-7,14H2,1H3. The summed E-state index contributed by atoms with van der Waals surface area (Å²) in [7, 11) is -3.60. The van der Waals surface area contributed by atoms with Crippen molar-refractivity contribution in [1.29, 1.82) is 0 Å². The van der Waals surface area contributed by atoms with E-state index >= 15 is 0 Å². The van der Waals surface area contributed by atoms with Gasteiger partial charge in [-0.25, -0.2) is 17.5 Å². The molecule has 1 atom stereocenters. The van der Waals surface area contributed by atoms with Crippen molar-refractivity contribution < 1.29 is 12.8 Å². The van der Waals surface area contributed by atoms with Crippen LogP contribution >= 0.6 is 11.8 Å². The largest absolute Gasteiger partial charge is 0.326 e. The number of benzene rings is 1. The molecule has 1 unspecified atom stereocenters. The van der Waals surface area contributed by atoms with Gasteiger partial charge in [0.15, 0.2) is 0 Å². The Morgan fingerprint density at radius 2 is 2.26 bits per heavy atom. The smallest absolute Gasteiger partial charge is 0.240 e. The maximum absolute atomic E-state index is 13.7. The Morgan fingerprint density at radius 1 is 1.53 bits per heavy atom. The summed E-state index contributed by atoms with van der Waals surface area (Å²) in [5.41, 5.74) is 5.96. The zero-order valence-corrected chi connectivity index (χ0v) is 12.3. The van der Waals surface area contributed by atoms with Crippen molar-refractivity contribution in [2.75, 3.05) is 11.5 Å². The van der Waals surface area contributed by atoms with Crippen molar-refractivity contribution in [1.82, 2.24) is 4.72 Å². The van der Waals surface area contributed by atoms with Crippen LogP contribution in [0.3, 0.4) is 0 Å². The Balaban J connectivity index is 2.31. The summed E-state index contributed by atoms with van der Waals surface area (Å²) < 4.78 is 40.8. The molecule has 1 saturated heterocycles. The average Bonchev–Trinajstić information content (AvgIpc) is 2.84. The highest BCUT2D eigenvalue weighted by molar-refractivity contribution is 7.99. The van der Waals surface area contributed by atoms with Crippen LogP contribution in [0.25, 0.3) is 0 Å². The maximum atomic E-state index is 13.7. The highest BCUT2D eigenvalue weighted by atomic mass is 32.2. The fourth-order valence-electron chi connectivity index (χ4n) is 2.03. The Bertz CT molecular complexity index is 569. The van der Waals surface area contributed by atoms with Crippen molar-refractivity contribution in [3.63, 3.8) is 0 Å². The van der Waals surface area contributed by atoms with E-state index in [2.05, 4.69) is 4.72 Å². The lowest BCUT2D eigenvalue weighted by atomic mass is 10.1. The second-order valence-electron chi connectivity index (χ2n) is 4.60. The Morgan fingerprint density at radius 3 is 2.84 bits per heavy atom. The van der Waals surface area contributed by atoms with E-state index < -0.39 is 15.8 Å². The summed E-state index contributed by atoms with van der Waals surface area (Å²) in [6.45, 7) is 1.52. The molecule has 0 saturated carbocycles. The molecule has 0 amide bonds. The molecular formula is C12H17FN2O2S2. The summed E-state index contributed by atoms with van der Waals surface area (Å²) in [5.74, 6) is 1.31. The lowest BCUT2D eigenvalue weighted by molar-refractivity contribution is 0.561. The molecule has 0 bridgehead atoms. The third-order valence-electron chi connectivity index (χ3n) is 3.09. The summed E-state index contributed by atoms with van der Waals surface area (Å²) >= 11 is 1.72. The van der Waals surface area contributed by atoms with Crippen LogP contribution in [0.1, 0.15) is 17.5 Å². The van der Waals surface area contributed by atoms with E-state index in [0.29, 0.717) is 5.56 Å². The van der Waals surface area contributed by atoms with Gasteiger partial charge in [-0.15, -0.1) is 0 Å². The average molecular weight is 304 g/mol. The van der Waals surface area contributed by atoms with Crippen LogP contribution in [-0.4, -0.2) is 26.0 Å². The monoisotopic (exact) mass is 304 g/mol. The molecule has 0 spiro atoms. The minimum Gasteiger partial charge on any atom is -0.326 e. The third-order valence-corrected chi connectivity index (χ3v) is 5.75. The normalized spacial score (nSPS) is 19.8. The van der Waals surface area contributed by atoms with Crippen molar-refractivity contribution in [2.24, 2.45) is 5.73 Å². The zero-order valence-electron chi connectivity index (χ0n) is 10.6. The highest BCUT2D eigenvalue weighted by Crippen LogP contribution is 2.22. The summed E-state index contributed by atoms with van der Waals surface area (Å²) in [4.78, 5) is 0.0868. The van der Waals surface area contributed by atoms with Gasteiger partial charge in [0.05, 0.1) is 4.90 Å². The van der Waals surface area contributed by atoms with Gasteiger partial charge < -0.3 is 5.73 Å². The van der Waals surface area contributed by atoms with E-state index in [1.165, 1.54) is 12.1 Å². The molecule has 1 fully saturated rings. The van der Waals surface area contributed by atoms with E-state index in [1.807, 2.05) is 0 Å². The Labute approximate surface area is 117 Å². The number of nitrogens with two attached hydrogens (primary N) is 1. The van der Waals surface area contributed by atoms with E-state index in [4.69, 9.17) is 5.73 Å². The zero-order chi connectivity index (χ0) is 14.0. The van der Waals surface area contributed by atoms with Crippen LogP contribution in [-0.2, 0) is 16.6 Å². The molecule has 19 heavy (non-hydrogen) atoms. The first kappa shape index (κ1) is 14.8. The molecule has 106 valence electrons. The molecule has 1 aromatic rings. The molecule has 0 radical (unpaired) electrons. The van der Waals surface area contributed by atoms with E-state index in [0.717, 1.165) is 17.9 Å². The third kappa shape index (κ3) is 3.28. The van der Waals surface area contributed by atoms with Gasteiger partial charge in [0, 0.05) is 23.9 Å². The Hall–Kier alpha value is -0.630. The lowest BCUT2D eigenvalue weighted by Gasteiger charge is -2.14. The molecule has 3 N–H and O–H groups in total. The number of halogens is 1. The van der Waals surface area contributed by atoms with Crippen LogP contribution in [0.15, 0.2) is 17.0 Å². The summed E-state index contributed by atoms with van der Waals surface area (Å²) in [6.07, 6.45) is 0.827. The van der Waals surface area contributed by atoms with Crippen LogP contribution in [0.5, 0.6) is 0 Å². The van der Waals surface area contributed by atoms with Gasteiger partial charge in [0.25, 0.3) is 0 Å². The molecule has 1 aromatic carbocycles. The first-order chi connectivity index (χ1) is 8.94. The predicted octanol–water partition coefficient (Wildman–Crippen LogP) is 1.38. The van der Waals surface area contributed by atoms with Crippen LogP contribution in [0.2, 0.25) is 0 Å². The minimum absolute atomic E-state index is 0.0185. The van der Waals surface area contributed by atoms with Gasteiger partial charge in [0.2, 0.25) is 10.0 Å². The molecular weight excluding hydrogens is 287 g/mol. The first-order valence-electron chi connectivity index (χ1n) is 6.03. The highest BCUT2D eigenvalue weighted by Gasteiger charge is 2.24. The molecule has 7 heteroatoms. The van der Waals surface area contributed by atoms with Crippen LogP contribution < -0.4 is 10.5 Å². The molecule has 4 nitrogen and oxygen atoms in total. The number of sulfonamides is 1. The van der Waals surface area contributed by atoms with Crippen LogP contribution in [0, 0.1) is 12.7 Å². The van der Waals surface area contributed by atoms with E-state index in [1.54, 1.807) is 18.7 Å². The van der Waals surface area contributed by atoms with Crippen LogP contribution in [0.4, 0.5) is 4.39 Å². The van der Waals surface area contributed by atoms with Gasteiger partial charge in [-0.2, -0.15) is 11.8 Å². The second kappa shape index (κ2) is 5.78. The fraction of sp³-hybridized carbons (Fsp3) is 0.500. The van der Waals surface area contributed by atoms with Crippen molar-refractivity contribution in [2.45, 2.75) is 30.8 Å². The SMILES string of the molecule is Cc1cc(S(=O)(=O)NC2CCSC2)cc(CN)c1F. The van der Waals surface area contributed by atoms with Gasteiger partial charge in [-0.3, -0.25) is 0 Å². The van der Waals surface area contributed by atoms with Crippen molar-refractivity contribution >= 4 is 21.8 Å². The summed E-state index contributed by atoms with van der Waals surface area (Å²) in [5, 5.41) is 0. The van der Waals surface area contributed by atoms with Gasteiger partial charge in [0.1, 0.15) is 5.82 Å². The molecule has 0 aromatic heterocycles. The van der Waals surface area contributed by atoms with Gasteiger partial charge >= 0.3 is 0 Å². The first-order valence-corrected chi connectivity index (χ1v) is 8.67.